The van der Waals surface area contributed by atoms with Crippen LogP contribution in [0.1, 0.15) is 5.56 Å². The number of anilines is 2. The number of hydrogen-bond acceptors (Lipinski definition) is 2. The summed E-state index contributed by atoms with van der Waals surface area (Å²) in [5.74, 6) is 0.0785. The van der Waals surface area contributed by atoms with E-state index in [2.05, 4.69) is 27.4 Å². The molecular weight excluding hydrogens is 429 g/mol. The largest absolute Gasteiger partial charge is 0.370 e. The first-order valence-corrected chi connectivity index (χ1v) is 10.1. The third-order valence-electron chi connectivity index (χ3n) is 4.64. The first-order valence-electron chi connectivity index (χ1n) is 8.92. The summed E-state index contributed by atoms with van der Waals surface area (Å²) in [5.41, 5.74) is 15.8. The molecule has 3 aromatic carbocycles. The van der Waals surface area contributed by atoms with Crippen LogP contribution in [0.5, 0.6) is 0 Å². The van der Waals surface area contributed by atoms with Gasteiger partial charge in [0.15, 0.2) is 5.96 Å². The van der Waals surface area contributed by atoms with Crippen LogP contribution in [0.25, 0.3) is 21.8 Å². The highest BCUT2D eigenvalue weighted by molar-refractivity contribution is 6.42. The minimum absolute atomic E-state index is 0.0785. The Morgan fingerprint density at radius 2 is 1.72 bits per heavy atom. The number of nitrogens with one attached hydrogen (secondary N) is 2. The van der Waals surface area contributed by atoms with Crippen molar-refractivity contribution in [1.29, 1.82) is 0 Å². The molecular formula is C21H18Cl3N5. The van der Waals surface area contributed by atoms with E-state index in [1.807, 2.05) is 24.3 Å². The molecule has 0 unspecified atom stereocenters. The Kier molecular flexibility index (Phi) is 5.46. The molecule has 4 rings (SSSR count). The van der Waals surface area contributed by atoms with Crippen LogP contribution < -0.4 is 16.8 Å². The number of H-pyrrole nitrogens is 1. The molecule has 0 saturated carbocycles. The third-order valence-corrected chi connectivity index (χ3v) is 5.61. The Labute approximate surface area is 182 Å². The molecule has 0 radical (unpaired) electrons. The molecule has 4 aromatic rings. The summed E-state index contributed by atoms with van der Waals surface area (Å²) in [6.45, 7) is 0.490. The van der Waals surface area contributed by atoms with Gasteiger partial charge in [-0.25, -0.2) is 0 Å². The van der Waals surface area contributed by atoms with Gasteiger partial charge in [-0.1, -0.05) is 34.8 Å². The van der Waals surface area contributed by atoms with Crippen LogP contribution >= 0.6 is 34.8 Å². The van der Waals surface area contributed by atoms with E-state index in [0.717, 1.165) is 38.7 Å². The lowest BCUT2D eigenvalue weighted by molar-refractivity contribution is 0.968. The summed E-state index contributed by atoms with van der Waals surface area (Å²) in [6, 6.07) is 15.4. The van der Waals surface area contributed by atoms with Gasteiger partial charge >= 0.3 is 0 Å². The Hall–Kier alpha value is -2.60. The molecule has 0 aliphatic rings. The van der Waals surface area contributed by atoms with Gasteiger partial charge in [-0.2, -0.15) is 0 Å². The number of rotatable bonds is 5. The molecule has 0 spiro atoms. The van der Waals surface area contributed by atoms with Gasteiger partial charge in [0.2, 0.25) is 0 Å². The van der Waals surface area contributed by atoms with Gasteiger partial charge in [0.25, 0.3) is 0 Å². The fourth-order valence-electron chi connectivity index (χ4n) is 3.36. The highest BCUT2D eigenvalue weighted by Gasteiger charge is 2.12. The molecule has 1 aromatic heterocycles. The maximum atomic E-state index is 6.23. The van der Waals surface area contributed by atoms with Gasteiger partial charge in [0.05, 0.1) is 10.0 Å². The predicted octanol–water partition coefficient (Wildman–Crippen LogP) is 5.84. The lowest BCUT2D eigenvalue weighted by Crippen LogP contribution is -2.23. The first-order chi connectivity index (χ1) is 13.9. The molecule has 0 aliphatic heterocycles. The molecule has 0 amide bonds. The summed E-state index contributed by atoms with van der Waals surface area (Å²) >= 11 is 18.4. The van der Waals surface area contributed by atoms with Crippen molar-refractivity contribution in [3.63, 3.8) is 0 Å². The second kappa shape index (κ2) is 8.03. The van der Waals surface area contributed by atoms with Crippen LogP contribution in [0.4, 0.5) is 11.4 Å². The van der Waals surface area contributed by atoms with E-state index >= 15 is 0 Å². The highest BCUT2D eigenvalue weighted by Crippen LogP contribution is 2.34. The van der Waals surface area contributed by atoms with E-state index in [0.29, 0.717) is 28.0 Å². The normalized spacial score (nSPS) is 11.1. The van der Waals surface area contributed by atoms with Crippen molar-refractivity contribution in [2.24, 2.45) is 16.5 Å². The number of aliphatic imine (C=N–C) groups is 1. The number of hydrogen-bond donors (Lipinski definition) is 4. The zero-order chi connectivity index (χ0) is 20.5. The number of nitrogens with two attached hydrogens (primary N) is 2. The van der Waals surface area contributed by atoms with E-state index in [9.17, 15) is 0 Å². The van der Waals surface area contributed by atoms with E-state index in [-0.39, 0.29) is 5.96 Å². The van der Waals surface area contributed by atoms with Gasteiger partial charge in [-0.05, 0) is 60.5 Å². The maximum Gasteiger partial charge on any atom is 0.185 e. The number of aromatic amines is 1. The molecule has 0 atom stereocenters. The van der Waals surface area contributed by atoms with E-state index in [4.69, 9.17) is 46.3 Å². The van der Waals surface area contributed by atoms with Crippen LogP contribution in [-0.4, -0.2) is 17.5 Å². The zero-order valence-electron chi connectivity index (χ0n) is 15.3. The predicted molar refractivity (Wildman–Crippen MR) is 125 cm³/mol. The van der Waals surface area contributed by atoms with Crippen molar-refractivity contribution in [2.45, 2.75) is 6.42 Å². The van der Waals surface area contributed by atoms with Crippen LogP contribution in [0.2, 0.25) is 15.1 Å². The van der Waals surface area contributed by atoms with E-state index in [1.165, 1.54) is 0 Å². The second-order valence-corrected chi connectivity index (χ2v) is 7.93. The Bertz CT molecular complexity index is 1240. The van der Waals surface area contributed by atoms with Crippen LogP contribution in [-0.2, 0) is 6.42 Å². The van der Waals surface area contributed by atoms with Gasteiger partial charge in [0.1, 0.15) is 0 Å². The molecule has 0 aliphatic carbocycles. The standard InChI is InChI=1S/C21H18Cl3N5/c22-12-1-4-19-15(8-12)16-9-14(28-13-2-3-17(23)18(24)10-13)7-11(20(16)29-19)5-6-27-21(25)26/h1-4,7-10,28-29H,5-6H2,(H4,25,26,27). The van der Waals surface area contributed by atoms with E-state index in [1.54, 1.807) is 12.1 Å². The van der Waals surface area contributed by atoms with Gasteiger partial charge in [-0.3, -0.25) is 4.99 Å². The minimum atomic E-state index is 0.0785. The van der Waals surface area contributed by atoms with Crippen LogP contribution in [0, 0.1) is 0 Å². The fraction of sp³-hybridized carbons (Fsp3) is 0.0952. The van der Waals surface area contributed by atoms with Crippen LogP contribution in [0.3, 0.4) is 0 Å². The quantitative estimate of drug-likeness (QED) is 0.229. The van der Waals surface area contributed by atoms with Crippen molar-refractivity contribution in [2.75, 3.05) is 11.9 Å². The smallest absolute Gasteiger partial charge is 0.185 e. The zero-order valence-corrected chi connectivity index (χ0v) is 17.5. The maximum absolute atomic E-state index is 6.23. The van der Waals surface area contributed by atoms with Crippen molar-refractivity contribution < 1.29 is 0 Å². The van der Waals surface area contributed by atoms with Gasteiger partial charge in [0, 0.05) is 44.7 Å². The average Bonchev–Trinajstić information content (AvgIpc) is 3.03. The van der Waals surface area contributed by atoms with Crippen molar-refractivity contribution >= 4 is 73.9 Å². The third kappa shape index (κ3) is 4.22. The molecule has 29 heavy (non-hydrogen) atoms. The number of aromatic nitrogens is 1. The fourth-order valence-corrected chi connectivity index (χ4v) is 3.83. The lowest BCUT2D eigenvalue weighted by atomic mass is 10.0. The highest BCUT2D eigenvalue weighted by atomic mass is 35.5. The van der Waals surface area contributed by atoms with Crippen molar-refractivity contribution in [3.05, 3.63) is 69.2 Å². The Balaban J connectivity index is 1.82. The average molecular weight is 447 g/mol. The van der Waals surface area contributed by atoms with Gasteiger partial charge in [-0.15, -0.1) is 0 Å². The Morgan fingerprint density at radius 3 is 2.48 bits per heavy atom. The number of fused-ring (bicyclic) bond motifs is 3. The lowest BCUT2D eigenvalue weighted by Gasteiger charge is -2.11. The molecule has 0 bridgehead atoms. The minimum Gasteiger partial charge on any atom is -0.370 e. The number of benzene rings is 3. The number of nitrogens with zero attached hydrogens (tertiary/aromatic N) is 1. The molecule has 0 fully saturated rings. The topological polar surface area (TPSA) is 92.2 Å². The second-order valence-electron chi connectivity index (χ2n) is 6.68. The molecule has 0 saturated heterocycles. The molecule has 148 valence electrons. The monoisotopic (exact) mass is 445 g/mol. The number of halogens is 3. The van der Waals surface area contributed by atoms with Crippen molar-refractivity contribution in [3.8, 4) is 0 Å². The first kappa shape index (κ1) is 19.7. The molecule has 1 heterocycles. The van der Waals surface area contributed by atoms with Gasteiger partial charge < -0.3 is 21.8 Å². The summed E-state index contributed by atoms with van der Waals surface area (Å²) in [7, 11) is 0. The molecule has 6 N–H and O–H groups in total. The SMILES string of the molecule is NC(N)=NCCc1cc(Nc2ccc(Cl)c(Cl)c2)cc2c1[nH]c1ccc(Cl)cc12. The van der Waals surface area contributed by atoms with Crippen molar-refractivity contribution in [1.82, 2.24) is 4.98 Å². The summed E-state index contributed by atoms with van der Waals surface area (Å²) in [4.78, 5) is 7.60. The number of guanidine groups is 1. The Morgan fingerprint density at radius 1 is 0.897 bits per heavy atom. The summed E-state index contributed by atoms with van der Waals surface area (Å²) < 4.78 is 0. The summed E-state index contributed by atoms with van der Waals surface area (Å²) in [6.07, 6.45) is 0.672. The molecule has 8 heteroatoms. The van der Waals surface area contributed by atoms with Crippen LogP contribution in [0.15, 0.2) is 53.5 Å². The molecule has 5 nitrogen and oxygen atoms in total. The van der Waals surface area contributed by atoms with E-state index < -0.39 is 0 Å². The summed E-state index contributed by atoms with van der Waals surface area (Å²) in [5, 5.41) is 7.19.